The first-order valence-corrected chi connectivity index (χ1v) is 9.01. The number of carbonyl (C=O) groups excluding carboxylic acids is 2. The van der Waals surface area contributed by atoms with Crippen molar-refractivity contribution in [1.29, 1.82) is 0 Å². The molecule has 0 saturated carbocycles. The van der Waals surface area contributed by atoms with Crippen LogP contribution in [0.25, 0.3) is 0 Å². The third-order valence-electron chi connectivity index (χ3n) is 3.93. The van der Waals surface area contributed by atoms with Crippen LogP contribution in [0.15, 0.2) is 35.6 Å². The normalized spacial score (nSPS) is 15.9. The third kappa shape index (κ3) is 3.84. The van der Waals surface area contributed by atoms with E-state index in [2.05, 4.69) is 23.8 Å². The van der Waals surface area contributed by atoms with Gasteiger partial charge in [-0.2, -0.15) is 0 Å². The van der Waals surface area contributed by atoms with Crippen LogP contribution in [0.1, 0.15) is 46.7 Å². The van der Waals surface area contributed by atoms with E-state index in [1.807, 2.05) is 0 Å². The van der Waals surface area contributed by atoms with Gasteiger partial charge in [0.2, 0.25) is 0 Å². The van der Waals surface area contributed by atoms with Crippen molar-refractivity contribution in [2.24, 2.45) is 5.41 Å². The van der Waals surface area contributed by atoms with Crippen molar-refractivity contribution < 1.29 is 9.59 Å². The molecule has 3 rings (SSSR count). The number of halogens is 1. The first-order chi connectivity index (χ1) is 11.3. The lowest BCUT2D eigenvalue weighted by Crippen LogP contribution is -2.28. The lowest BCUT2D eigenvalue weighted by molar-refractivity contribution is 0.0908. The molecule has 0 radical (unpaired) electrons. The Balaban J connectivity index is 1.71. The van der Waals surface area contributed by atoms with Crippen LogP contribution in [0.5, 0.6) is 0 Å². The van der Waals surface area contributed by atoms with E-state index in [0.717, 1.165) is 12.1 Å². The minimum atomic E-state index is -0.0838. The Morgan fingerprint density at radius 2 is 1.96 bits per heavy atom. The van der Waals surface area contributed by atoms with E-state index in [4.69, 9.17) is 11.6 Å². The van der Waals surface area contributed by atoms with Gasteiger partial charge in [0.15, 0.2) is 16.7 Å². The number of carbonyl (C=O) groups is 2. The molecule has 1 aliphatic rings. The van der Waals surface area contributed by atoms with Crippen molar-refractivity contribution in [3.05, 3.63) is 52.3 Å². The molecule has 1 aliphatic carbocycles. The molecule has 24 heavy (non-hydrogen) atoms. The Morgan fingerprint density at radius 3 is 2.67 bits per heavy atom. The van der Waals surface area contributed by atoms with Gasteiger partial charge in [0.05, 0.1) is 17.0 Å². The molecule has 0 spiro atoms. The maximum absolute atomic E-state index is 12.2. The number of aromatic nitrogens is 2. The fourth-order valence-electron chi connectivity index (χ4n) is 2.73. The van der Waals surface area contributed by atoms with Crippen LogP contribution in [-0.4, -0.2) is 27.3 Å². The number of thioether (sulfide) groups is 1. The largest absolute Gasteiger partial charge is 0.294 e. The summed E-state index contributed by atoms with van der Waals surface area (Å²) in [6.45, 7) is 4.12. The summed E-state index contributed by atoms with van der Waals surface area (Å²) in [5.74, 6) is 0.335. The second-order valence-corrected chi connectivity index (χ2v) is 8.05. The second-order valence-electron chi connectivity index (χ2n) is 6.67. The summed E-state index contributed by atoms with van der Waals surface area (Å²) in [5.41, 5.74) is 1.93. The molecule has 124 valence electrons. The molecule has 0 N–H and O–H groups in total. The van der Waals surface area contributed by atoms with Gasteiger partial charge in [-0.15, -0.1) is 0 Å². The Morgan fingerprint density at radius 1 is 1.25 bits per heavy atom. The maximum atomic E-state index is 12.2. The summed E-state index contributed by atoms with van der Waals surface area (Å²) >= 11 is 7.11. The molecule has 2 aromatic rings. The second kappa shape index (κ2) is 6.65. The fourth-order valence-corrected chi connectivity index (χ4v) is 3.59. The summed E-state index contributed by atoms with van der Waals surface area (Å²) < 4.78 is 0. The molecule has 0 atom stereocenters. The number of benzene rings is 1. The Hall–Kier alpha value is -1.72. The van der Waals surface area contributed by atoms with Crippen molar-refractivity contribution >= 4 is 34.9 Å². The lowest BCUT2D eigenvalue weighted by atomic mass is 9.76. The Labute approximate surface area is 150 Å². The van der Waals surface area contributed by atoms with Gasteiger partial charge in [-0.1, -0.05) is 37.2 Å². The SMILES string of the molecule is CC1(C)CC(=O)c2cnc(SCC(=O)c3ccc(Cl)cc3)nc2C1. The van der Waals surface area contributed by atoms with Crippen LogP contribution in [0.2, 0.25) is 5.02 Å². The fraction of sp³-hybridized carbons (Fsp3) is 0.333. The Bertz CT molecular complexity index is 803. The van der Waals surface area contributed by atoms with Crippen LogP contribution in [0, 0.1) is 5.41 Å². The summed E-state index contributed by atoms with van der Waals surface area (Å²) in [7, 11) is 0. The van der Waals surface area contributed by atoms with E-state index in [1.165, 1.54) is 11.8 Å². The van der Waals surface area contributed by atoms with Crippen LogP contribution in [-0.2, 0) is 6.42 Å². The van der Waals surface area contributed by atoms with Gasteiger partial charge in [0, 0.05) is 23.2 Å². The molecule has 1 heterocycles. The van der Waals surface area contributed by atoms with E-state index in [-0.39, 0.29) is 22.7 Å². The van der Waals surface area contributed by atoms with Gasteiger partial charge in [0.25, 0.3) is 0 Å². The average molecular weight is 361 g/mol. The topological polar surface area (TPSA) is 59.9 Å². The molecule has 4 nitrogen and oxygen atoms in total. The van der Waals surface area contributed by atoms with Crippen molar-refractivity contribution in [2.75, 3.05) is 5.75 Å². The van der Waals surface area contributed by atoms with Crippen molar-refractivity contribution in [3.63, 3.8) is 0 Å². The Kier molecular flexibility index (Phi) is 4.74. The van der Waals surface area contributed by atoms with Crippen LogP contribution in [0.3, 0.4) is 0 Å². The molecule has 0 aliphatic heterocycles. The highest BCUT2D eigenvalue weighted by molar-refractivity contribution is 7.99. The van der Waals surface area contributed by atoms with Crippen LogP contribution >= 0.6 is 23.4 Å². The highest BCUT2D eigenvalue weighted by atomic mass is 35.5. The maximum Gasteiger partial charge on any atom is 0.188 e. The quantitative estimate of drug-likeness (QED) is 0.463. The zero-order valence-electron chi connectivity index (χ0n) is 13.5. The molecule has 0 amide bonds. The zero-order chi connectivity index (χ0) is 17.3. The van der Waals surface area contributed by atoms with Gasteiger partial charge < -0.3 is 0 Å². The summed E-state index contributed by atoms with van der Waals surface area (Å²) in [4.78, 5) is 33.1. The molecule has 1 aromatic carbocycles. The van der Waals surface area contributed by atoms with Crippen molar-refractivity contribution in [1.82, 2.24) is 9.97 Å². The molecule has 0 unspecified atom stereocenters. The molecular weight excluding hydrogens is 344 g/mol. The third-order valence-corrected chi connectivity index (χ3v) is 5.04. The van der Waals surface area contributed by atoms with Gasteiger partial charge in [-0.05, 0) is 36.1 Å². The highest BCUT2D eigenvalue weighted by Crippen LogP contribution is 2.34. The predicted octanol–water partition coefficient (Wildman–Crippen LogP) is 4.26. The first kappa shape index (κ1) is 17.1. The minimum Gasteiger partial charge on any atom is -0.294 e. The minimum absolute atomic E-state index is 0.00519. The van der Waals surface area contributed by atoms with E-state index in [1.54, 1.807) is 30.5 Å². The number of nitrogens with zero attached hydrogens (tertiary/aromatic N) is 2. The average Bonchev–Trinajstić information content (AvgIpc) is 2.51. The highest BCUT2D eigenvalue weighted by Gasteiger charge is 2.32. The van der Waals surface area contributed by atoms with Gasteiger partial charge in [-0.3, -0.25) is 9.59 Å². The molecule has 1 aromatic heterocycles. The number of hydrogen-bond donors (Lipinski definition) is 0. The van der Waals surface area contributed by atoms with E-state index < -0.39 is 0 Å². The number of ketones is 2. The standard InChI is InChI=1S/C18H17ClN2O2S/c1-18(2)7-14-13(15(22)8-18)9-20-17(21-14)24-10-16(23)11-3-5-12(19)6-4-11/h3-6,9H,7-8,10H2,1-2H3. The molecule has 0 bridgehead atoms. The molecular formula is C18H17ClN2O2S. The predicted molar refractivity (Wildman–Crippen MR) is 95.0 cm³/mol. The molecule has 0 saturated heterocycles. The van der Waals surface area contributed by atoms with Gasteiger partial charge in [-0.25, -0.2) is 9.97 Å². The van der Waals surface area contributed by atoms with Gasteiger partial charge >= 0.3 is 0 Å². The van der Waals surface area contributed by atoms with Gasteiger partial charge in [0.1, 0.15) is 0 Å². The van der Waals surface area contributed by atoms with Crippen LogP contribution in [0.4, 0.5) is 0 Å². The van der Waals surface area contributed by atoms with Crippen LogP contribution < -0.4 is 0 Å². The van der Waals surface area contributed by atoms with E-state index in [9.17, 15) is 9.59 Å². The number of rotatable bonds is 4. The smallest absolute Gasteiger partial charge is 0.188 e. The summed E-state index contributed by atoms with van der Waals surface area (Å²) in [5, 5.41) is 1.13. The lowest BCUT2D eigenvalue weighted by Gasteiger charge is -2.29. The summed E-state index contributed by atoms with van der Waals surface area (Å²) in [6, 6.07) is 6.81. The zero-order valence-corrected chi connectivity index (χ0v) is 15.1. The van der Waals surface area contributed by atoms with E-state index >= 15 is 0 Å². The molecule has 6 heteroatoms. The monoisotopic (exact) mass is 360 g/mol. The first-order valence-electron chi connectivity index (χ1n) is 7.65. The molecule has 0 fully saturated rings. The summed E-state index contributed by atoms with van der Waals surface area (Å²) in [6.07, 6.45) is 2.86. The number of Topliss-reactive ketones (excluding diaryl/α,β-unsaturated/α-hetero) is 2. The van der Waals surface area contributed by atoms with Crippen molar-refractivity contribution in [2.45, 2.75) is 31.8 Å². The number of fused-ring (bicyclic) bond motifs is 1. The van der Waals surface area contributed by atoms with E-state index in [0.29, 0.717) is 27.7 Å². The van der Waals surface area contributed by atoms with Crippen molar-refractivity contribution in [3.8, 4) is 0 Å². The number of hydrogen-bond acceptors (Lipinski definition) is 5.